The standard InChI is InChI=1S/C15H22O/c1-7-8-12-10-13(15(3,4)5)9-11(2)14(12)16-6/h7-10H,1-6H3/b8-7-. The molecule has 1 heteroatoms. The molecule has 0 N–H and O–H groups in total. The van der Waals surface area contributed by atoms with Crippen molar-refractivity contribution in [2.75, 3.05) is 7.11 Å². The highest BCUT2D eigenvalue weighted by Crippen LogP contribution is 2.31. The summed E-state index contributed by atoms with van der Waals surface area (Å²) in [6, 6.07) is 4.43. The summed E-state index contributed by atoms with van der Waals surface area (Å²) in [5, 5.41) is 0. The third kappa shape index (κ3) is 2.66. The van der Waals surface area contributed by atoms with Gasteiger partial charge in [0.05, 0.1) is 7.11 Å². The summed E-state index contributed by atoms with van der Waals surface area (Å²) in [7, 11) is 1.73. The highest BCUT2D eigenvalue weighted by Gasteiger charge is 2.16. The van der Waals surface area contributed by atoms with Crippen LogP contribution in [0.3, 0.4) is 0 Å². The van der Waals surface area contributed by atoms with E-state index in [0.717, 1.165) is 11.3 Å². The maximum absolute atomic E-state index is 5.45. The number of allylic oxidation sites excluding steroid dienone is 1. The van der Waals surface area contributed by atoms with E-state index in [1.807, 2.05) is 13.0 Å². The number of aryl methyl sites for hydroxylation is 1. The van der Waals surface area contributed by atoms with E-state index >= 15 is 0 Å². The van der Waals surface area contributed by atoms with Crippen molar-refractivity contribution in [3.05, 3.63) is 34.9 Å². The molecular formula is C15H22O. The molecule has 0 saturated carbocycles. The lowest BCUT2D eigenvalue weighted by molar-refractivity contribution is 0.410. The topological polar surface area (TPSA) is 9.23 Å². The molecule has 1 rings (SSSR count). The zero-order valence-electron chi connectivity index (χ0n) is 11.2. The first-order valence-electron chi connectivity index (χ1n) is 5.72. The first-order valence-corrected chi connectivity index (χ1v) is 5.72. The molecule has 0 aromatic heterocycles. The molecule has 0 aliphatic heterocycles. The predicted molar refractivity (Wildman–Crippen MR) is 71.1 cm³/mol. The second kappa shape index (κ2) is 4.73. The van der Waals surface area contributed by atoms with Crippen LogP contribution in [0.15, 0.2) is 18.2 Å². The van der Waals surface area contributed by atoms with E-state index in [-0.39, 0.29) is 5.41 Å². The fourth-order valence-corrected chi connectivity index (χ4v) is 1.82. The molecule has 0 atom stereocenters. The van der Waals surface area contributed by atoms with Crippen molar-refractivity contribution in [2.24, 2.45) is 0 Å². The van der Waals surface area contributed by atoms with Gasteiger partial charge < -0.3 is 4.74 Å². The number of hydrogen-bond acceptors (Lipinski definition) is 1. The third-order valence-electron chi connectivity index (χ3n) is 2.72. The Labute approximate surface area is 99.1 Å². The second-order valence-electron chi connectivity index (χ2n) is 5.17. The van der Waals surface area contributed by atoms with Gasteiger partial charge in [0.1, 0.15) is 5.75 Å². The van der Waals surface area contributed by atoms with E-state index in [0.29, 0.717) is 0 Å². The quantitative estimate of drug-likeness (QED) is 0.717. The fourth-order valence-electron chi connectivity index (χ4n) is 1.82. The zero-order valence-corrected chi connectivity index (χ0v) is 11.2. The van der Waals surface area contributed by atoms with Crippen LogP contribution in [0.5, 0.6) is 5.75 Å². The molecule has 0 radical (unpaired) electrons. The summed E-state index contributed by atoms with van der Waals surface area (Å²) < 4.78 is 5.45. The summed E-state index contributed by atoms with van der Waals surface area (Å²) in [6.07, 6.45) is 4.14. The molecule has 0 aliphatic rings. The fraction of sp³-hybridized carbons (Fsp3) is 0.467. The molecule has 0 spiro atoms. The maximum Gasteiger partial charge on any atom is 0.128 e. The molecule has 0 bridgehead atoms. The normalized spacial score (nSPS) is 12.1. The van der Waals surface area contributed by atoms with E-state index in [9.17, 15) is 0 Å². The van der Waals surface area contributed by atoms with Crippen molar-refractivity contribution in [3.8, 4) is 5.75 Å². The molecule has 1 nitrogen and oxygen atoms in total. The van der Waals surface area contributed by atoms with Gasteiger partial charge in [-0.3, -0.25) is 0 Å². The third-order valence-corrected chi connectivity index (χ3v) is 2.72. The predicted octanol–water partition coefficient (Wildman–Crippen LogP) is 4.33. The lowest BCUT2D eigenvalue weighted by atomic mass is 9.85. The molecular weight excluding hydrogens is 196 g/mol. The zero-order chi connectivity index (χ0) is 12.3. The summed E-state index contributed by atoms with van der Waals surface area (Å²) in [5.41, 5.74) is 3.88. The van der Waals surface area contributed by atoms with Crippen molar-refractivity contribution in [2.45, 2.75) is 40.0 Å². The van der Waals surface area contributed by atoms with Gasteiger partial charge in [-0.1, -0.05) is 39.0 Å². The molecule has 0 aliphatic carbocycles. The van der Waals surface area contributed by atoms with Crippen molar-refractivity contribution in [3.63, 3.8) is 0 Å². The number of benzene rings is 1. The Morgan fingerprint density at radius 1 is 1.19 bits per heavy atom. The van der Waals surface area contributed by atoms with Gasteiger partial charge in [-0.05, 0) is 36.5 Å². The van der Waals surface area contributed by atoms with E-state index in [4.69, 9.17) is 4.74 Å². The summed E-state index contributed by atoms with van der Waals surface area (Å²) in [4.78, 5) is 0. The molecule has 16 heavy (non-hydrogen) atoms. The van der Waals surface area contributed by atoms with Crippen LogP contribution >= 0.6 is 0 Å². The van der Waals surface area contributed by atoms with Gasteiger partial charge >= 0.3 is 0 Å². The van der Waals surface area contributed by atoms with Crippen LogP contribution < -0.4 is 4.74 Å². The van der Waals surface area contributed by atoms with Gasteiger partial charge in [0.15, 0.2) is 0 Å². The number of rotatable bonds is 2. The van der Waals surface area contributed by atoms with E-state index in [1.54, 1.807) is 7.11 Å². The van der Waals surface area contributed by atoms with E-state index < -0.39 is 0 Å². The molecule has 0 heterocycles. The van der Waals surface area contributed by atoms with Gasteiger partial charge in [-0.2, -0.15) is 0 Å². The largest absolute Gasteiger partial charge is 0.496 e. The smallest absolute Gasteiger partial charge is 0.128 e. The average molecular weight is 218 g/mol. The van der Waals surface area contributed by atoms with Gasteiger partial charge in [0.2, 0.25) is 0 Å². The van der Waals surface area contributed by atoms with Crippen LogP contribution in [-0.2, 0) is 5.41 Å². The maximum atomic E-state index is 5.45. The van der Waals surface area contributed by atoms with Crippen molar-refractivity contribution in [1.82, 2.24) is 0 Å². The SMILES string of the molecule is C/C=C\c1cc(C(C)(C)C)cc(C)c1OC. The Hall–Kier alpha value is -1.24. The van der Waals surface area contributed by atoms with Crippen LogP contribution in [0.4, 0.5) is 0 Å². The first kappa shape index (κ1) is 12.8. The summed E-state index contributed by atoms with van der Waals surface area (Å²) >= 11 is 0. The summed E-state index contributed by atoms with van der Waals surface area (Å²) in [5.74, 6) is 0.978. The molecule has 0 saturated heterocycles. The van der Waals surface area contributed by atoms with Crippen molar-refractivity contribution < 1.29 is 4.74 Å². The van der Waals surface area contributed by atoms with Crippen LogP contribution in [0, 0.1) is 6.92 Å². The van der Waals surface area contributed by atoms with Gasteiger partial charge in [0, 0.05) is 5.56 Å². The Kier molecular flexibility index (Phi) is 3.79. The Morgan fingerprint density at radius 2 is 1.81 bits per heavy atom. The van der Waals surface area contributed by atoms with Gasteiger partial charge in [0.25, 0.3) is 0 Å². The highest BCUT2D eigenvalue weighted by molar-refractivity contribution is 5.61. The molecule has 1 aromatic rings. The van der Waals surface area contributed by atoms with Gasteiger partial charge in [-0.15, -0.1) is 0 Å². The molecule has 0 unspecified atom stereocenters. The second-order valence-corrected chi connectivity index (χ2v) is 5.17. The molecule has 88 valence electrons. The van der Waals surface area contributed by atoms with Crippen LogP contribution in [-0.4, -0.2) is 7.11 Å². The van der Waals surface area contributed by atoms with E-state index in [1.165, 1.54) is 11.1 Å². The van der Waals surface area contributed by atoms with Crippen LogP contribution in [0.25, 0.3) is 6.08 Å². The van der Waals surface area contributed by atoms with E-state index in [2.05, 4.69) is 45.9 Å². The Morgan fingerprint density at radius 3 is 2.25 bits per heavy atom. The van der Waals surface area contributed by atoms with Gasteiger partial charge in [-0.25, -0.2) is 0 Å². The minimum absolute atomic E-state index is 0.174. The molecule has 0 fully saturated rings. The van der Waals surface area contributed by atoms with Crippen molar-refractivity contribution in [1.29, 1.82) is 0 Å². The van der Waals surface area contributed by atoms with Crippen LogP contribution in [0.1, 0.15) is 44.4 Å². The Balaban J connectivity index is 3.39. The monoisotopic (exact) mass is 218 g/mol. The number of ether oxygens (including phenoxy) is 1. The Bertz CT molecular complexity index is 395. The first-order chi connectivity index (χ1) is 7.40. The average Bonchev–Trinajstić information content (AvgIpc) is 2.16. The lowest BCUT2D eigenvalue weighted by Crippen LogP contribution is -2.12. The molecule has 0 amide bonds. The van der Waals surface area contributed by atoms with Crippen molar-refractivity contribution >= 4 is 6.08 Å². The minimum atomic E-state index is 0.174. The number of methoxy groups -OCH3 is 1. The number of hydrogen-bond donors (Lipinski definition) is 0. The minimum Gasteiger partial charge on any atom is -0.496 e. The summed E-state index contributed by atoms with van der Waals surface area (Å²) in [6.45, 7) is 10.8. The lowest BCUT2D eigenvalue weighted by Gasteiger charge is -2.22. The highest BCUT2D eigenvalue weighted by atomic mass is 16.5. The molecule has 1 aromatic carbocycles. The van der Waals surface area contributed by atoms with Crippen LogP contribution in [0.2, 0.25) is 0 Å².